The average molecular weight is 222 g/mol. The molecular formula is C12H18N2O2. The first-order chi connectivity index (χ1) is 7.63. The largest absolute Gasteiger partial charge is 0.394 e. The van der Waals surface area contributed by atoms with E-state index < -0.39 is 0 Å². The third-order valence-electron chi connectivity index (χ3n) is 2.18. The first kappa shape index (κ1) is 12.7. The zero-order valence-corrected chi connectivity index (χ0v) is 9.68. The van der Waals surface area contributed by atoms with E-state index in [4.69, 9.17) is 0 Å². The molecule has 88 valence electrons. The van der Waals surface area contributed by atoms with Gasteiger partial charge in [0.1, 0.15) is 0 Å². The Kier molecular flexibility index (Phi) is 4.95. The van der Waals surface area contributed by atoms with E-state index in [2.05, 4.69) is 5.32 Å². The summed E-state index contributed by atoms with van der Waals surface area (Å²) in [5, 5.41) is 12.0. The number of amides is 1. The highest BCUT2D eigenvalue weighted by Crippen LogP contribution is 2.11. The second-order valence-electron chi connectivity index (χ2n) is 3.95. The molecule has 4 nitrogen and oxygen atoms in total. The van der Waals surface area contributed by atoms with Crippen LogP contribution in [0.5, 0.6) is 0 Å². The number of benzene rings is 1. The Bertz CT molecular complexity index is 325. The molecule has 0 saturated heterocycles. The van der Waals surface area contributed by atoms with Crippen LogP contribution < -0.4 is 5.32 Å². The molecule has 0 spiro atoms. The molecular weight excluding hydrogens is 204 g/mol. The monoisotopic (exact) mass is 222 g/mol. The van der Waals surface area contributed by atoms with Gasteiger partial charge in [0.2, 0.25) is 5.91 Å². The predicted molar refractivity (Wildman–Crippen MR) is 63.0 cm³/mol. The first-order valence-corrected chi connectivity index (χ1v) is 5.23. The van der Waals surface area contributed by atoms with Gasteiger partial charge in [-0.1, -0.05) is 30.3 Å². The fourth-order valence-electron chi connectivity index (χ4n) is 1.45. The van der Waals surface area contributed by atoms with E-state index in [0.29, 0.717) is 6.54 Å². The number of hydrogen-bond acceptors (Lipinski definition) is 3. The van der Waals surface area contributed by atoms with Gasteiger partial charge in [0.15, 0.2) is 0 Å². The maximum Gasteiger partial charge on any atom is 0.234 e. The van der Waals surface area contributed by atoms with Crippen LogP contribution >= 0.6 is 0 Å². The number of rotatable bonds is 5. The Hall–Kier alpha value is -1.39. The summed E-state index contributed by atoms with van der Waals surface area (Å²) in [5.74, 6) is -0.0899. The lowest BCUT2D eigenvalue weighted by Gasteiger charge is -2.18. The minimum Gasteiger partial charge on any atom is -0.394 e. The predicted octanol–water partition coefficient (Wildman–Crippen LogP) is 0.398. The molecule has 0 aliphatic rings. The molecule has 0 aliphatic carbocycles. The number of nitrogens with one attached hydrogen (secondary N) is 1. The minimum atomic E-state index is -0.325. The molecule has 0 aliphatic heterocycles. The zero-order valence-electron chi connectivity index (χ0n) is 9.68. The summed E-state index contributed by atoms with van der Waals surface area (Å²) in [7, 11) is 3.66. The van der Waals surface area contributed by atoms with Crippen LogP contribution in [0.1, 0.15) is 11.6 Å². The summed E-state index contributed by atoms with van der Waals surface area (Å²) < 4.78 is 0. The minimum absolute atomic E-state index is 0.0899. The second kappa shape index (κ2) is 6.25. The van der Waals surface area contributed by atoms with Crippen molar-refractivity contribution in [2.45, 2.75) is 6.04 Å². The normalized spacial score (nSPS) is 12.5. The molecule has 0 radical (unpaired) electrons. The van der Waals surface area contributed by atoms with Crippen molar-refractivity contribution in [1.29, 1.82) is 0 Å². The summed E-state index contributed by atoms with van der Waals surface area (Å²) in [4.78, 5) is 13.3. The van der Waals surface area contributed by atoms with Crippen LogP contribution in [0, 0.1) is 0 Å². The molecule has 0 fully saturated rings. The Labute approximate surface area is 95.9 Å². The number of hydrogen-bond donors (Lipinski definition) is 2. The fourth-order valence-corrected chi connectivity index (χ4v) is 1.45. The molecule has 1 amide bonds. The van der Waals surface area contributed by atoms with Gasteiger partial charge in [-0.2, -0.15) is 0 Å². The smallest absolute Gasteiger partial charge is 0.234 e. The number of likely N-dealkylation sites (N-methyl/N-ethyl adjacent to an activating group) is 1. The lowest BCUT2D eigenvalue weighted by atomic mass is 10.1. The molecule has 1 atom stereocenters. The number of nitrogens with zero attached hydrogens (tertiary/aromatic N) is 1. The molecule has 0 saturated carbocycles. The van der Waals surface area contributed by atoms with E-state index in [-0.39, 0.29) is 18.6 Å². The summed E-state index contributed by atoms with van der Waals surface area (Å²) in [6, 6.07) is 9.12. The van der Waals surface area contributed by atoms with E-state index in [9.17, 15) is 9.90 Å². The number of aliphatic hydroxyl groups is 1. The van der Waals surface area contributed by atoms with E-state index in [1.54, 1.807) is 4.90 Å². The van der Waals surface area contributed by atoms with Crippen molar-refractivity contribution >= 4 is 5.91 Å². The van der Waals surface area contributed by atoms with Gasteiger partial charge in [0.05, 0.1) is 19.2 Å². The molecule has 4 heteroatoms. The number of carbonyl (C=O) groups excluding carboxylic acids is 1. The van der Waals surface area contributed by atoms with Crippen LogP contribution in [-0.4, -0.2) is 43.2 Å². The number of carbonyl (C=O) groups is 1. The molecule has 0 aromatic heterocycles. The van der Waals surface area contributed by atoms with Gasteiger partial charge in [-0.25, -0.2) is 0 Å². The SMILES string of the molecule is CN(C)CC(=O)N[C@H](CO)c1ccccc1. The van der Waals surface area contributed by atoms with Gasteiger partial charge in [0.25, 0.3) is 0 Å². The summed E-state index contributed by atoms with van der Waals surface area (Å²) in [5.41, 5.74) is 0.914. The van der Waals surface area contributed by atoms with Crippen LogP contribution in [0.2, 0.25) is 0 Å². The third-order valence-corrected chi connectivity index (χ3v) is 2.18. The topological polar surface area (TPSA) is 52.6 Å². The molecule has 1 aromatic carbocycles. The lowest BCUT2D eigenvalue weighted by molar-refractivity contribution is -0.122. The van der Waals surface area contributed by atoms with Gasteiger partial charge < -0.3 is 15.3 Å². The van der Waals surface area contributed by atoms with Crippen molar-refractivity contribution in [2.75, 3.05) is 27.2 Å². The quantitative estimate of drug-likeness (QED) is 0.758. The van der Waals surface area contributed by atoms with E-state index in [1.165, 1.54) is 0 Å². The maximum atomic E-state index is 11.5. The van der Waals surface area contributed by atoms with Gasteiger partial charge >= 0.3 is 0 Å². The molecule has 0 heterocycles. The van der Waals surface area contributed by atoms with E-state index in [1.807, 2.05) is 44.4 Å². The maximum absolute atomic E-state index is 11.5. The van der Waals surface area contributed by atoms with Crippen LogP contribution in [0.15, 0.2) is 30.3 Å². The van der Waals surface area contributed by atoms with Gasteiger partial charge in [-0.15, -0.1) is 0 Å². The van der Waals surface area contributed by atoms with Crippen molar-refractivity contribution < 1.29 is 9.90 Å². The van der Waals surface area contributed by atoms with Crippen LogP contribution in [0.3, 0.4) is 0 Å². The summed E-state index contributed by atoms with van der Waals surface area (Å²) in [6.45, 7) is 0.229. The number of aliphatic hydroxyl groups excluding tert-OH is 1. The van der Waals surface area contributed by atoms with Crippen molar-refractivity contribution in [3.8, 4) is 0 Å². The van der Waals surface area contributed by atoms with Crippen LogP contribution in [0.25, 0.3) is 0 Å². The highest BCUT2D eigenvalue weighted by atomic mass is 16.3. The molecule has 2 N–H and O–H groups in total. The third kappa shape index (κ3) is 4.00. The van der Waals surface area contributed by atoms with Crippen LogP contribution in [0.4, 0.5) is 0 Å². The molecule has 0 bridgehead atoms. The average Bonchev–Trinajstić information content (AvgIpc) is 2.26. The standard InChI is InChI=1S/C12H18N2O2/c1-14(2)8-12(16)13-11(9-15)10-6-4-3-5-7-10/h3-7,11,15H,8-9H2,1-2H3,(H,13,16)/t11-/m1/s1. The van der Waals surface area contributed by atoms with E-state index >= 15 is 0 Å². The van der Waals surface area contributed by atoms with Gasteiger partial charge in [-0.3, -0.25) is 4.79 Å². The van der Waals surface area contributed by atoms with E-state index in [0.717, 1.165) is 5.56 Å². The highest BCUT2D eigenvalue weighted by Gasteiger charge is 2.13. The van der Waals surface area contributed by atoms with Crippen molar-refractivity contribution in [1.82, 2.24) is 10.2 Å². The summed E-state index contributed by atoms with van der Waals surface area (Å²) in [6.07, 6.45) is 0. The molecule has 16 heavy (non-hydrogen) atoms. The molecule has 1 rings (SSSR count). The first-order valence-electron chi connectivity index (χ1n) is 5.23. The molecule has 1 aromatic rings. The Morgan fingerprint density at radius 2 is 2.00 bits per heavy atom. The van der Waals surface area contributed by atoms with Crippen molar-refractivity contribution in [3.05, 3.63) is 35.9 Å². The Morgan fingerprint density at radius 3 is 2.50 bits per heavy atom. The summed E-state index contributed by atoms with van der Waals surface area (Å²) >= 11 is 0. The second-order valence-corrected chi connectivity index (χ2v) is 3.95. The Morgan fingerprint density at radius 1 is 1.38 bits per heavy atom. The highest BCUT2D eigenvalue weighted by molar-refractivity contribution is 5.78. The zero-order chi connectivity index (χ0) is 12.0. The van der Waals surface area contributed by atoms with Crippen LogP contribution in [-0.2, 0) is 4.79 Å². The van der Waals surface area contributed by atoms with Gasteiger partial charge in [-0.05, 0) is 19.7 Å². The van der Waals surface area contributed by atoms with Crippen molar-refractivity contribution in [2.24, 2.45) is 0 Å². The lowest BCUT2D eigenvalue weighted by Crippen LogP contribution is -2.37. The van der Waals surface area contributed by atoms with Gasteiger partial charge in [0, 0.05) is 0 Å². The molecule has 0 unspecified atom stereocenters. The Balaban J connectivity index is 2.59. The van der Waals surface area contributed by atoms with Crippen molar-refractivity contribution in [3.63, 3.8) is 0 Å². The fraction of sp³-hybridized carbons (Fsp3) is 0.417.